The van der Waals surface area contributed by atoms with Gasteiger partial charge < -0.3 is 14.2 Å². The van der Waals surface area contributed by atoms with Crippen molar-refractivity contribution in [3.63, 3.8) is 0 Å². The molecule has 0 aliphatic rings. The van der Waals surface area contributed by atoms with Gasteiger partial charge >= 0.3 is 0 Å². The van der Waals surface area contributed by atoms with Gasteiger partial charge in [-0.25, -0.2) is 0 Å². The number of methoxy groups -OCH3 is 2. The van der Waals surface area contributed by atoms with Crippen LogP contribution in [0.25, 0.3) is 0 Å². The van der Waals surface area contributed by atoms with E-state index in [1.54, 1.807) is 14.2 Å². The highest BCUT2D eigenvalue weighted by molar-refractivity contribution is 6.10. The van der Waals surface area contributed by atoms with Gasteiger partial charge in [0.1, 0.15) is 22.3 Å². The standard InChI is InChI=1S/C12H20B2O3/c1-15-3-4-17-12-6-10(8-14)9(7-13)5-11(12)16-2/h5-6H,3-4,7-8,13-14H2,1-2H3. The fraction of sp³-hybridized carbons (Fsp3) is 0.500. The Morgan fingerprint density at radius 3 is 2.00 bits per heavy atom. The highest BCUT2D eigenvalue weighted by Gasteiger charge is 2.09. The molecule has 0 bridgehead atoms. The minimum Gasteiger partial charge on any atom is -0.493 e. The number of rotatable bonds is 7. The van der Waals surface area contributed by atoms with Gasteiger partial charge in [0.15, 0.2) is 11.5 Å². The van der Waals surface area contributed by atoms with Crippen LogP contribution >= 0.6 is 0 Å². The maximum atomic E-state index is 5.66. The zero-order valence-corrected chi connectivity index (χ0v) is 11.2. The molecule has 3 nitrogen and oxygen atoms in total. The molecule has 0 saturated heterocycles. The summed E-state index contributed by atoms with van der Waals surface area (Å²) in [4.78, 5) is 0. The second-order valence-electron chi connectivity index (χ2n) is 3.82. The molecule has 0 amide bonds. The largest absolute Gasteiger partial charge is 0.493 e. The zero-order valence-electron chi connectivity index (χ0n) is 11.2. The Morgan fingerprint density at radius 1 is 0.941 bits per heavy atom. The summed E-state index contributed by atoms with van der Waals surface area (Å²) in [6.45, 7) is 1.13. The smallest absolute Gasteiger partial charge is 0.161 e. The molecular weight excluding hydrogens is 214 g/mol. The Bertz CT molecular complexity index is 356. The van der Waals surface area contributed by atoms with E-state index in [0.717, 1.165) is 24.1 Å². The lowest BCUT2D eigenvalue weighted by Crippen LogP contribution is -2.06. The van der Waals surface area contributed by atoms with Gasteiger partial charge in [-0.1, -0.05) is 12.6 Å². The van der Waals surface area contributed by atoms with Crippen LogP contribution in [-0.2, 0) is 17.4 Å². The first-order valence-electron chi connectivity index (χ1n) is 6.08. The van der Waals surface area contributed by atoms with Crippen LogP contribution in [0, 0.1) is 0 Å². The predicted octanol–water partition coefficient (Wildman–Crippen LogP) is -0.0134. The second-order valence-corrected chi connectivity index (χ2v) is 3.82. The Labute approximate surface area is 105 Å². The van der Waals surface area contributed by atoms with Crippen LogP contribution in [0.3, 0.4) is 0 Å². The third kappa shape index (κ3) is 3.70. The molecule has 5 heteroatoms. The molecule has 1 aromatic rings. The molecule has 0 N–H and O–H groups in total. The minimum atomic E-state index is 0.543. The molecule has 0 spiro atoms. The molecule has 1 aromatic carbocycles. The van der Waals surface area contributed by atoms with Crippen molar-refractivity contribution in [2.75, 3.05) is 27.4 Å². The van der Waals surface area contributed by atoms with E-state index in [1.165, 1.54) is 11.1 Å². The Morgan fingerprint density at radius 2 is 1.53 bits per heavy atom. The molecule has 0 aliphatic carbocycles. The normalized spacial score (nSPS) is 10.2. The van der Waals surface area contributed by atoms with Gasteiger partial charge in [-0.2, -0.15) is 0 Å². The molecule has 0 fully saturated rings. The van der Waals surface area contributed by atoms with E-state index in [1.807, 2.05) is 0 Å². The SMILES string of the molecule is BCc1cc(OC)c(OCCOC)cc1CB. The topological polar surface area (TPSA) is 27.7 Å². The second kappa shape index (κ2) is 7.28. The molecule has 1 rings (SSSR count). The third-order valence-corrected chi connectivity index (χ3v) is 2.79. The maximum absolute atomic E-state index is 5.66. The van der Waals surface area contributed by atoms with E-state index in [-0.39, 0.29) is 0 Å². The van der Waals surface area contributed by atoms with Crippen molar-refractivity contribution in [1.82, 2.24) is 0 Å². The molecule has 0 heterocycles. The Kier molecular flexibility index (Phi) is 5.98. The first-order valence-corrected chi connectivity index (χ1v) is 6.08. The highest BCUT2D eigenvalue weighted by atomic mass is 16.5. The van der Waals surface area contributed by atoms with E-state index in [4.69, 9.17) is 14.2 Å². The Hall–Kier alpha value is -1.09. The van der Waals surface area contributed by atoms with Crippen LogP contribution in [0.1, 0.15) is 11.1 Å². The predicted molar refractivity (Wildman–Crippen MR) is 74.9 cm³/mol. The summed E-state index contributed by atoms with van der Waals surface area (Å²) in [7, 11) is 7.64. The fourth-order valence-electron chi connectivity index (χ4n) is 1.81. The van der Waals surface area contributed by atoms with Gasteiger partial charge in [0, 0.05) is 7.11 Å². The summed E-state index contributed by atoms with van der Waals surface area (Å²) in [6.07, 6.45) is 2.02. The van der Waals surface area contributed by atoms with Gasteiger partial charge in [-0.3, -0.25) is 0 Å². The van der Waals surface area contributed by atoms with E-state index >= 15 is 0 Å². The summed E-state index contributed by atoms with van der Waals surface area (Å²) >= 11 is 0. The van der Waals surface area contributed by atoms with E-state index in [2.05, 4.69) is 27.8 Å². The van der Waals surface area contributed by atoms with E-state index in [9.17, 15) is 0 Å². The highest BCUT2D eigenvalue weighted by Crippen LogP contribution is 2.31. The molecule has 0 unspecified atom stereocenters. The monoisotopic (exact) mass is 234 g/mol. The lowest BCUT2D eigenvalue weighted by Gasteiger charge is -2.14. The van der Waals surface area contributed by atoms with Crippen LogP contribution in [0.15, 0.2) is 12.1 Å². The van der Waals surface area contributed by atoms with Crippen LogP contribution < -0.4 is 9.47 Å². The third-order valence-electron chi connectivity index (χ3n) is 2.79. The quantitative estimate of drug-likeness (QED) is 0.490. The van der Waals surface area contributed by atoms with Gasteiger partial charge in [-0.05, 0) is 23.3 Å². The average Bonchev–Trinajstić information content (AvgIpc) is 2.38. The van der Waals surface area contributed by atoms with E-state index in [0.29, 0.717) is 13.2 Å². The Balaban J connectivity index is 2.93. The lowest BCUT2D eigenvalue weighted by atomic mass is 9.86. The summed E-state index contributed by atoms with van der Waals surface area (Å²) in [5, 5.41) is 0. The molecular formula is C12H20B2O3. The number of hydrogen-bond acceptors (Lipinski definition) is 3. The van der Waals surface area contributed by atoms with Crippen LogP contribution in [0.2, 0.25) is 0 Å². The van der Waals surface area contributed by atoms with Gasteiger partial charge in [-0.15, -0.1) is 0 Å². The van der Waals surface area contributed by atoms with Crippen LogP contribution in [-0.4, -0.2) is 43.1 Å². The summed E-state index contributed by atoms with van der Waals surface area (Å²) in [6, 6.07) is 4.15. The van der Waals surface area contributed by atoms with Crippen LogP contribution in [0.5, 0.6) is 11.5 Å². The molecule has 92 valence electrons. The minimum absolute atomic E-state index is 0.543. The zero-order chi connectivity index (χ0) is 12.7. The first kappa shape index (κ1) is 14.0. The average molecular weight is 234 g/mol. The van der Waals surface area contributed by atoms with Crippen LogP contribution in [0.4, 0.5) is 0 Å². The van der Waals surface area contributed by atoms with Crippen molar-refractivity contribution in [3.05, 3.63) is 23.3 Å². The van der Waals surface area contributed by atoms with Gasteiger partial charge in [0.2, 0.25) is 0 Å². The number of hydrogen-bond donors (Lipinski definition) is 0. The lowest BCUT2D eigenvalue weighted by molar-refractivity contribution is 0.144. The van der Waals surface area contributed by atoms with Gasteiger partial charge in [0.05, 0.1) is 13.7 Å². The molecule has 0 aliphatic heterocycles. The maximum Gasteiger partial charge on any atom is 0.161 e. The fourth-order valence-corrected chi connectivity index (χ4v) is 1.81. The summed E-state index contributed by atoms with van der Waals surface area (Å²) in [5.74, 6) is 1.61. The van der Waals surface area contributed by atoms with Crippen molar-refractivity contribution < 1.29 is 14.2 Å². The van der Waals surface area contributed by atoms with E-state index < -0.39 is 0 Å². The molecule has 0 atom stereocenters. The van der Waals surface area contributed by atoms with Crippen molar-refractivity contribution in [2.45, 2.75) is 12.6 Å². The molecule has 0 saturated carbocycles. The number of ether oxygens (including phenoxy) is 3. The van der Waals surface area contributed by atoms with Crippen molar-refractivity contribution in [1.29, 1.82) is 0 Å². The van der Waals surface area contributed by atoms with Crippen molar-refractivity contribution >= 4 is 15.7 Å². The molecule has 0 aromatic heterocycles. The summed E-state index contributed by atoms with van der Waals surface area (Å²) < 4.78 is 16.0. The first-order chi connectivity index (χ1) is 8.26. The number of benzene rings is 1. The van der Waals surface area contributed by atoms with Crippen molar-refractivity contribution in [2.24, 2.45) is 0 Å². The molecule has 17 heavy (non-hydrogen) atoms. The molecule has 0 radical (unpaired) electrons. The van der Waals surface area contributed by atoms with Gasteiger partial charge in [0.25, 0.3) is 0 Å². The summed E-state index contributed by atoms with van der Waals surface area (Å²) in [5.41, 5.74) is 2.64. The van der Waals surface area contributed by atoms with Crippen molar-refractivity contribution in [3.8, 4) is 11.5 Å².